The number of amides is 2. The third kappa shape index (κ3) is 3.74. The maximum Gasteiger partial charge on any atom is 0.233 e. The molecule has 1 heterocycles. The number of hydrogen-bond donors (Lipinski definition) is 3. The quantitative estimate of drug-likeness (QED) is 0.531. The first-order valence-corrected chi connectivity index (χ1v) is 4.99. The van der Waals surface area contributed by atoms with Crippen LogP contribution in [0.25, 0.3) is 0 Å². The maximum absolute atomic E-state index is 11.0. The highest BCUT2D eigenvalue weighted by atomic mass is 16.2. The van der Waals surface area contributed by atoms with E-state index < -0.39 is 0 Å². The molecular formula is C9H17N3O2. The van der Waals surface area contributed by atoms with E-state index in [1.54, 1.807) is 0 Å². The van der Waals surface area contributed by atoms with Crippen molar-refractivity contribution in [3.8, 4) is 0 Å². The van der Waals surface area contributed by atoms with Crippen molar-refractivity contribution in [1.29, 1.82) is 0 Å². The number of carbonyl (C=O) groups excluding carboxylic acids is 2. The van der Waals surface area contributed by atoms with Gasteiger partial charge in [-0.15, -0.1) is 0 Å². The van der Waals surface area contributed by atoms with Crippen LogP contribution in [0, 0.1) is 0 Å². The van der Waals surface area contributed by atoms with Crippen molar-refractivity contribution in [2.45, 2.75) is 25.8 Å². The van der Waals surface area contributed by atoms with E-state index in [-0.39, 0.29) is 17.9 Å². The summed E-state index contributed by atoms with van der Waals surface area (Å²) in [7, 11) is 0. The molecule has 0 spiro atoms. The lowest BCUT2D eigenvalue weighted by atomic mass is 10.2. The zero-order valence-electron chi connectivity index (χ0n) is 8.43. The SMILES string of the molecule is CCNC(=O)CNCC1CCC(=O)N1. The Labute approximate surface area is 83.6 Å². The maximum atomic E-state index is 11.0. The Balaban J connectivity index is 2.04. The molecule has 5 nitrogen and oxygen atoms in total. The minimum absolute atomic E-state index is 0.00294. The van der Waals surface area contributed by atoms with Gasteiger partial charge in [0.05, 0.1) is 6.54 Å². The standard InChI is InChI=1S/C9H17N3O2/c1-2-11-9(14)6-10-5-7-3-4-8(13)12-7/h7,10H,2-6H2,1H3,(H,11,14)(H,12,13). The lowest BCUT2D eigenvalue weighted by Gasteiger charge is -2.10. The zero-order valence-corrected chi connectivity index (χ0v) is 8.43. The van der Waals surface area contributed by atoms with Crippen LogP contribution in [0.15, 0.2) is 0 Å². The Morgan fingerprint density at radius 2 is 2.43 bits per heavy atom. The summed E-state index contributed by atoms with van der Waals surface area (Å²) in [6.07, 6.45) is 1.47. The molecule has 0 aromatic carbocycles. The predicted molar refractivity (Wildman–Crippen MR) is 52.7 cm³/mol. The van der Waals surface area contributed by atoms with Crippen molar-refractivity contribution in [1.82, 2.24) is 16.0 Å². The van der Waals surface area contributed by atoms with Crippen LogP contribution in [0.3, 0.4) is 0 Å². The summed E-state index contributed by atoms with van der Waals surface area (Å²) in [5, 5.41) is 8.52. The minimum Gasteiger partial charge on any atom is -0.355 e. The molecule has 0 aromatic rings. The van der Waals surface area contributed by atoms with E-state index in [1.807, 2.05) is 6.92 Å². The topological polar surface area (TPSA) is 70.2 Å². The summed E-state index contributed by atoms with van der Waals surface area (Å²) in [6.45, 7) is 3.53. The Morgan fingerprint density at radius 1 is 1.64 bits per heavy atom. The van der Waals surface area contributed by atoms with Crippen LogP contribution < -0.4 is 16.0 Å². The van der Waals surface area contributed by atoms with Gasteiger partial charge in [0.1, 0.15) is 0 Å². The smallest absolute Gasteiger partial charge is 0.233 e. The first kappa shape index (κ1) is 11.0. The van der Waals surface area contributed by atoms with Crippen molar-refractivity contribution in [3.05, 3.63) is 0 Å². The lowest BCUT2D eigenvalue weighted by molar-refractivity contribution is -0.120. The normalized spacial score (nSPS) is 20.6. The molecule has 1 aliphatic rings. The minimum atomic E-state index is -0.00294. The third-order valence-electron chi connectivity index (χ3n) is 2.14. The second kappa shape index (κ2) is 5.59. The molecule has 1 atom stereocenters. The average molecular weight is 199 g/mol. The van der Waals surface area contributed by atoms with Gasteiger partial charge in [0, 0.05) is 25.6 Å². The van der Waals surface area contributed by atoms with Gasteiger partial charge in [0.15, 0.2) is 0 Å². The lowest BCUT2D eigenvalue weighted by Crippen LogP contribution is -2.40. The van der Waals surface area contributed by atoms with E-state index in [9.17, 15) is 9.59 Å². The summed E-state index contributed by atoms with van der Waals surface area (Å²) < 4.78 is 0. The number of likely N-dealkylation sites (N-methyl/N-ethyl adjacent to an activating group) is 1. The van der Waals surface area contributed by atoms with Crippen molar-refractivity contribution in [2.24, 2.45) is 0 Å². The molecule has 2 amide bonds. The monoisotopic (exact) mass is 199 g/mol. The highest BCUT2D eigenvalue weighted by Gasteiger charge is 2.19. The van der Waals surface area contributed by atoms with Crippen molar-refractivity contribution < 1.29 is 9.59 Å². The van der Waals surface area contributed by atoms with E-state index in [1.165, 1.54) is 0 Å². The molecule has 3 N–H and O–H groups in total. The number of carbonyl (C=O) groups is 2. The number of rotatable bonds is 5. The van der Waals surface area contributed by atoms with Crippen LogP contribution in [0.1, 0.15) is 19.8 Å². The molecule has 80 valence electrons. The van der Waals surface area contributed by atoms with Gasteiger partial charge >= 0.3 is 0 Å². The third-order valence-corrected chi connectivity index (χ3v) is 2.14. The van der Waals surface area contributed by atoms with Crippen LogP contribution in [-0.2, 0) is 9.59 Å². The van der Waals surface area contributed by atoms with Crippen LogP contribution in [-0.4, -0.2) is 37.5 Å². The van der Waals surface area contributed by atoms with Gasteiger partial charge < -0.3 is 16.0 Å². The summed E-state index contributed by atoms with van der Waals surface area (Å²) in [4.78, 5) is 21.9. The Morgan fingerprint density at radius 3 is 3.00 bits per heavy atom. The van der Waals surface area contributed by atoms with Crippen LogP contribution in [0.2, 0.25) is 0 Å². The summed E-state index contributed by atoms with van der Waals surface area (Å²) in [5.41, 5.74) is 0. The molecular weight excluding hydrogens is 182 g/mol. The second-order valence-electron chi connectivity index (χ2n) is 3.39. The Kier molecular flexibility index (Phi) is 4.39. The Hall–Kier alpha value is -1.10. The van der Waals surface area contributed by atoms with Gasteiger partial charge in [-0.05, 0) is 13.3 Å². The first-order chi connectivity index (χ1) is 6.72. The Bertz CT molecular complexity index is 218. The molecule has 0 bridgehead atoms. The second-order valence-corrected chi connectivity index (χ2v) is 3.39. The van der Waals surface area contributed by atoms with Gasteiger partial charge in [0.2, 0.25) is 11.8 Å². The average Bonchev–Trinajstić information content (AvgIpc) is 2.52. The predicted octanol–water partition coefficient (Wildman–Crippen LogP) is -1.01. The number of nitrogens with one attached hydrogen (secondary N) is 3. The molecule has 1 rings (SSSR count). The molecule has 14 heavy (non-hydrogen) atoms. The molecule has 1 unspecified atom stereocenters. The van der Waals surface area contributed by atoms with Crippen molar-refractivity contribution in [3.63, 3.8) is 0 Å². The molecule has 5 heteroatoms. The molecule has 1 saturated heterocycles. The molecule has 1 fully saturated rings. The van der Waals surface area contributed by atoms with Gasteiger partial charge in [-0.3, -0.25) is 9.59 Å². The van der Waals surface area contributed by atoms with Gasteiger partial charge in [0.25, 0.3) is 0 Å². The summed E-state index contributed by atoms with van der Waals surface area (Å²) >= 11 is 0. The van der Waals surface area contributed by atoms with E-state index in [4.69, 9.17) is 0 Å². The number of hydrogen-bond acceptors (Lipinski definition) is 3. The van der Waals surface area contributed by atoms with Gasteiger partial charge in [-0.2, -0.15) is 0 Å². The molecule has 1 aliphatic heterocycles. The van der Waals surface area contributed by atoms with Gasteiger partial charge in [-0.25, -0.2) is 0 Å². The van der Waals surface area contributed by atoms with E-state index in [2.05, 4.69) is 16.0 Å². The highest BCUT2D eigenvalue weighted by Crippen LogP contribution is 2.04. The zero-order chi connectivity index (χ0) is 10.4. The molecule has 0 radical (unpaired) electrons. The fraction of sp³-hybridized carbons (Fsp3) is 0.778. The van der Waals surface area contributed by atoms with Gasteiger partial charge in [-0.1, -0.05) is 0 Å². The van der Waals surface area contributed by atoms with E-state index >= 15 is 0 Å². The largest absolute Gasteiger partial charge is 0.355 e. The summed E-state index contributed by atoms with van der Waals surface area (Å²) in [5.74, 6) is 0.103. The highest BCUT2D eigenvalue weighted by molar-refractivity contribution is 5.79. The summed E-state index contributed by atoms with van der Waals surface area (Å²) in [6, 6.07) is 0.192. The molecule has 0 saturated carbocycles. The van der Waals surface area contributed by atoms with Crippen molar-refractivity contribution in [2.75, 3.05) is 19.6 Å². The fourth-order valence-corrected chi connectivity index (χ4v) is 1.45. The van der Waals surface area contributed by atoms with Crippen LogP contribution in [0.4, 0.5) is 0 Å². The van der Waals surface area contributed by atoms with E-state index in [0.717, 1.165) is 6.42 Å². The molecule has 0 aromatic heterocycles. The van der Waals surface area contributed by atoms with Crippen molar-refractivity contribution >= 4 is 11.8 Å². The molecule has 0 aliphatic carbocycles. The first-order valence-electron chi connectivity index (χ1n) is 4.99. The van der Waals surface area contributed by atoms with Crippen LogP contribution >= 0.6 is 0 Å². The van der Waals surface area contributed by atoms with E-state index in [0.29, 0.717) is 26.1 Å². The van der Waals surface area contributed by atoms with Crippen LogP contribution in [0.5, 0.6) is 0 Å². The fourth-order valence-electron chi connectivity index (χ4n) is 1.45.